The number of ether oxygens (including phenoxy) is 1. The molecule has 1 saturated heterocycles. The van der Waals surface area contributed by atoms with Gasteiger partial charge in [0.1, 0.15) is 5.75 Å². The van der Waals surface area contributed by atoms with Crippen molar-refractivity contribution in [3.63, 3.8) is 0 Å². The van der Waals surface area contributed by atoms with Crippen LogP contribution in [-0.2, 0) is 6.54 Å². The fourth-order valence-corrected chi connectivity index (χ4v) is 3.47. The molecule has 1 aromatic carbocycles. The molecule has 1 aliphatic heterocycles. The number of hydrogen-bond acceptors (Lipinski definition) is 2. The predicted octanol–water partition coefficient (Wildman–Crippen LogP) is 3.95. The number of amides is 2. The SMILES string of the molecule is CC1CCN(C(=O)NCc2ccc(OC3CCCCC3)cc2)C1. The maximum absolute atomic E-state index is 12.1. The molecular weight excluding hydrogens is 288 g/mol. The van der Waals surface area contributed by atoms with Crippen molar-refractivity contribution >= 4 is 6.03 Å². The van der Waals surface area contributed by atoms with Crippen LogP contribution in [0.3, 0.4) is 0 Å². The average Bonchev–Trinajstić information content (AvgIpc) is 3.01. The van der Waals surface area contributed by atoms with Gasteiger partial charge in [-0.2, -0.15) is 0 Å². The van der Waals surface area contributed by atoms with Gasteiger partial charge in [-0.15, -0.1) is 0 Å². The summed E-state index contributed by atoms with van der Waals surface area (Å²) < 4.78 is 6.03. The molecule has 0 spiro atoms. The molecule has 1 aliphatic carbocycles. The number of nitrogens with zero attached hydrogens (tertiary/aromatic N) is 1. The Morgan fingerprint density at radius 3 is 2.57 bits per heavy atom. The van der Waals surface area contributed by atoms with E-state index in [4.69, 9.17) is 4.74 Å². The molecule has 0 aromatic heterocycles. The third-order valence-electron chi connectivity index (χ3n) is 4.93. The van der Waals surface area contributed by atoms with Gasteiger partial charge in [-0.1, -0.05) is 25.5 Å². The minimum absolute atomic E-state index is 0.0527. The van der Waals surface area contributed by atoms with Gasteiger partial charge in [0.25, 0.3) is 0 Å². The van der Waals surface area contributed by atoms with E-state index in [1.54, 1.807) is 0 Å². The predicted molar refractivity (Wildman–Crippen MR) is 91.5 cm³/mol. The van der Waals surface area contributed by atoms with E-state index in [1.165, 1.54) is 32.1 Å². The van der Waals surface area contributed by atoms with Crippen molar-refractivity contribution in [1.82, 2.24) is 10.2 Å². The summed E-state index contributed by atoms with van der Waals surface area (Å²) in [4.78, 5) is 14.0. The summed E-state index contributed by atoms with van der Waals surface area (Å²) in [5.41, 5.74) is 1.11. The number of carbonyl (C=O) groups excluding carboxylic acids is 1. The second kappa shape index (κ2) is 7.71. The highest BCUT2D eigenvalue weighted by molar-refractivity contribution is 5.74. The smallest absolute Gasteiger partial charge is 0.317 e. The van der Waals surface area contributed by atoms with Gasteiger partial charge in [-0.05, 0) is 55.7 Å². The molecule has 1 N–H and O–H groups in total. The largest absolute Gasteiger partial charge is 0.490 e. The molecule has 3 rings (SSSR count). The molecular formula is C19H28N2O2. The molecule has 2 aliphatic rings. The highest BCUT2D eigenvalue weighted by Crippen LogP contribution is 2.23. The van der Waals surface area contributed by atoms with Crippen LogP contribution in [0.15, 0.2) is 24.3 Å². The lowest BCUT2D eigenvalue weighted by molar-refractivity contribution is 0.155. The first-order valence-corrected chi connectivity index (χ1v) is 8.99. The number of likely N-dealkylation sites (tertiary alicyclic amines) is 1. The van der Waals surface area contributed by atoms with Crippen molar-refractivity contribution in [2.24, 2.45) is 5.92 Å². The van der Waals surface area contributed by atoms with Gasteiger partial charge in [0, 0.05) is 19.6 Å². The lowest BCUT2D eigenvalue weighted by Gasteiger charge is -2.23. The quantitative estimate of drug-likeness (QED) is 0.914. The summed E-state index contributed by atoms with van der Waals surface area (Å²) in [7, 11) is 0. The van der Waals surface area contributed by atoms with E-state index in [1.807, 2.05) is 29.2 Å². The van der Waals surface area contributed by atoms with Crippen LogP contribution in [0.2, 0.25) is 0 Å². The van der Waals surface area contributed by atoms with E-state index in [-0.39, 0.29) is 6.03 Å². The second-order valence-electron chi connectivity index (χ2n) is 7.02. The van der Waals surface area contributed by atoms with E-state index in [2.05, 4.69) is 12.2 Å². The van der Waals surface area contributed by atoms with Crippen LogP contribution >= 0.6 is 0 Å². The second-order valence-corrected chi connectivity index (χ2v) is 7.02. The minimum Gasteiger partial charge on any atom is -0.490 e. The van der Waals surface area contributed by atoms with Gasteiger partial charge in [0.15, 0.2) is 0 Å². The average molecular weight is 316 g/mol. The Bertz CT molecular complexity index is 509. The molecule has 2 fully saturated rings. The van der Waals surface area contributed by atoms with E-state index < -0.39 is 0 Å². The summed E-state index contributed by atoms with van der Waals surface area (Å²) >= 11 is 0. The van der Waals surface area contributed by atoms with Crippen LogP contribution < -0.4 is 10.1 Å². The number of nitrogens with one attached hydrogen (secondary N) is 1. The molecule has 2 amide bonds. The first kappa shape index (κ1) is 16.2. The van der Waals surface area contributed by atoms with Crippen molar-refractivity contribution in [2.45, 2.75) is 58.1 Å². The van der Waals surface area contributed by atoms with Gasteiger partial charge in [-0.25, -0.2) is 4.79 Å². The Hall–Kier alpha value is -1.71. The van der Waals surface area contributed by atoms with E-state index in [9.17, 15) is 4.79 Å². The minimum atomic E-state index is 0.0527. The molecule has 1 aromatic rings. The van der Waals surface area contributed by atoms with Crippen molar-refractivity contribution in [3.8, 4) is 5.75 Å². The zero-order valence-corrected chi connectivity index (χ0v) is 14.1. The summed E-state index contributed by atoms with van der Waals surface area (Å²) in [6.07, 6.45) is 7.74. The monoisotopic (exact) mass is 316 g/mol. The van der Waals surface area contributed by atoms with E-state index in [0.29, 0.717) is 18.6 Å². The number of urea groups is 1. The first-order chi connectivity index (χ1) is 11.2. The van der Waals surface area contributed by atoms with Crippen LogP contribution in [-0.4, -0.2) is 30.1 Å². The van der Waals surface area contributed by atoms with Gasteiger partial charge in [0.05, 0.1) is 6.10 Å². The van der Waals surface area contributed by atoms with Crippen molar-refractivity contribution in [3.05, 3.63) is 29.8 Å². The Morgan fingerprint density at radius 2 is 1.91 bits per heavy atom. The number of carbonyl (C=O) groups is 1. The maximum atomic E-state index is 12.1. The van der Waals surface area contributed by atoms with Crippen molar-refractivity contribution < 1.29 is 9.53 Å². The summed E-state index contributed by atoms with van der Waals surface area (Å²) in [5.74, 6) is 1.57. The molecule has 1 saturated carbocycles. The summed E-state index contributed by atoms with van der Waals surface area (Å²) in [6, 6.07) is 8.19. The van der Waals surface area contributed by atoms with Gasteiger partial charge >= 0.3 is 6.03 Å². The number of benzene rings is 1. The Labute approximate surface area is 139 Å². The first-order valence-electron chi connectivity index (χ1n) is 8.99. The van der Waals surface area contributed by atoms with Gasteiger partial charge < -0.3 is 15.0 Å². The molecule has 126 valence electrons. The third-order valence-corrected chi connectivity index (χ3v) is 4.93. The third kappa shape index (κ3) is 4.63. The molecule has 23 heavy (non-hydrogen) atoms. The van der Waals surface area contributed by atoms with E-state index in [0.717, 1.165) is 30.8 Å². The molecule has 0 bridgehead atoms. The standard InChI is InChI=1S/C19H28N2O2/c1-15-11-12-21(14-15)19(22)20-13-16-7-9-18(10-8-16)23-17-5-3-2-4-6-17/h7-10,15,17H,2-6,11-14H2,1H3,(H,20,22). The zero-order valence-electron chi connectivity index (χ0n) is 14.1. The highest BCUT2D eigenvalue weighted by atomic mass is 16.5. The van der Waals surface area contributed by atoms with Gasteiger partial charge in [0.2, 0.25) is 0 Å². The molecule has 1 heterocycles. The Kier molecular flexibility index (Phi) is 5.42. The highest BCUT2D eigenvalue weighted by Gasteiger charge is 2.22. The fourth-order valence-electron chi connectivity index (χ4n) is 3.47. The number of hydrogen-bond donors (Lipinski definition) is 1. The maximum Gasteiger partial charge on any atom is 0.317 e. The summed E-state index contributed by atoms with van der Waals surface area (Å²) in [6.45, 7) is 4.52. The fraction of sp³-hybridized carbons (Fsp3) is 0.632. The summed E-state index contributed by atoms with van der Waals surface area (Å²) in [5, 5.41) is 3.01. The number of rotatable bonds is 4. The molecule has 1 unspecified atom stereocenters. The van der Waals surface area contributed by atoms with Gasteiger partial charge in [-0.3, -0.25) is 0 Å². The van der Waals surface area contributed by atoms with Crippen LogP contribution in [0, 0.1) is 5.92 Å². The lowest BCUT2D eigenvalue weighted by atomic mass is 9.98. The normalized spacial score (nSPS) is 22.1. The molecule has 4 heteroatoms. The van der Waals surface area contributed by atoms with Crippen LogP contribution in [0.1, 0.15) is 51.0 Å². The van der Waals surface area contributed by atoms with Crippen molar-refractivity contribution in [1.29, 1.82) is 0 Å². The zero-order chi connectivity index (χ0) is 16.1. The van der Waals surface area contributed by atoms with E-state index >= 15 is 0 Å². The van der Waals surface area contributed by atoms with Crippen LogP contribution in [0.25, 0.3) is 0 Å². The van der Waals surface area contributed by atoms with Crippen molar-refractivity contribution in [2.75, 3.05) is 13.1 Å². The Balaban J connectivity index is 1.44. The molecule has 0 radical (unpaired) electrons. The Morgan fingerprint density at radius 1 is 1.17 bits per heavy atom. The van der Waals surface area contributed by atoms with Crippen LogP contribution in [0.5, 0.6) is 5.75 Å². The van der Waals surface area contributed by atoms with Crippen LogP contribution in [0.4, 0.5) is 4.79 Å². The lowest BCUT2D eigenvalue weighted by Crippen LogP contribution is -2.37. The molecule has 1 atom stereocenters. The topological polar surface area (TPSA) is 41.6 Å². The molecule has 4 nitrogen and oxygen atoms in total.